The highest BCUT2D eigenvalue weighted by Gasteiger charge is 2.28. The summed E-state index contributed by atoms with van der Waals surface area (Å²) in [5, 5.41) is 3.00. The van der Waals surface area contributed by atoms with Gasteiger partial charge in [0.15, 0.2) is 0 Å². The fourth-order valence-corrected chi connectivity index (χ4v) is 1.78. The number of amides is 1. The van der Waals surface area contributed by atoms with Crippen molar-refractivity contribution in [3.8, 4) is 5.75 Å². The van der Waals surface area contributed by atoms with Crippen molar-refractivity contribution in [2.45, 2.75) is 39.7 Å². The Kier molecular flexibility index (Phi) is 6.02. The molecule has 4 nitrogen and oxygen atoms in total. The molecule has 0 radical (unpaired) electrons. The van der Waals surface area contributed by atoms with Gasteiger partial charge in [-0.2, -0.15) is 0 Å². The smallest absolute Gasteiger partial charge is 0.223 e. The van der Waals surface area contributed by atoms with Crippen LogP contribution in [0.25, 0.3) is 0 Å². The molecule has 0 saturated heterocycles. The van der Waals surface area contributed by atoms with E-state index >= 15 is 0 Å². The first-order valence-corrected chi connectivity index (χ1v) is 7.08. The Balaban J connectivity index is 2.40. The molecule has 3 N–H and O–H groups in total. The lowest BCUT2D eigenvalue weighted by Gasteiger charge is -2.33. The first-order valence-electron chi connectivity index (χ1n) is 7.08. The number of carbonyl (C=O) groups is 1. The van der Waals surface area contributed by atoms with E-state index in [1.165, 1.54) is 0 Å². The highest BCUT2D eigenvalue weighted by atomic mass is 16.5. The summed E-state index contributed by atoms with van der Waals surface area (Å²) in [6.07, 6.45) is 0.330. The fraction of sp³-hybridized carbons (Fsp3) is 0.562. The lowest BCUT2D eigenvalue weighted by Crippen LogP contribution is -2.55. The van der Waals surface area contributed by atoms with E-state index in [1.54, 1.807) is 0 Å². The summed E-state index contributed by atoms with van der Waals surface area (Å²) >= 11 is 0. The highest BCUT2D eigenvalue weighted by molar-refractivity contribution is 5.77. The molecule has 1 atom stereocenters. The summed E-state index contributed by atoms with van der Waals surface area (Å²) in [7, 11) is 0. The zero-order chi connectivity index (χ0) is 15.2. The molecule has 0 aliphatic carbocycles. The second kappa shape index (κ2) is 7.29. The van der Waals surface area contributed by atoms with Gasteiger partial charge < -0.3 is 15.8 Å². The van der Waals surface area contributed by atoms with Crippen LogP contribution in [0.5, 0.6) is 5.75 Å². The summed E-state index contributed by atoms with van der Waals surface area (Å²) < 4.78 is 5.57. The number of benzene rings is 1. The number of rotatable bonds is 7. The van der Waals surface area contributed by atoms with Gasteiger partial charge in [-0.25, -0.2) is 0 Å². The van der Waals surface area contributed by atoms with Crippen molar-refractivity contribution >= 4 is 5.91 Å². The van der Waals surface area contributed by atoms with Crippen LogP contribution in [0.15, 0.2) is 24.3 Å². The average molecular weight is 278 g/mol. The van der Waals surface area contributed by atoms with Crippen LogP contribution in [0.1, 0.15) is 32.8 Å². The monoisotopic (exact) mass is 278 g/mol. The number of nitrogens with two attached hydrogens (primary N) is 1. The van der Waals surface area contributed by atoms with E-state index in [9.17, 15) is 4.79 Å². The number of aryl methyl sites for hydroxylation is 1. The lowest BCUT2D eigenvalue weighted by atomic mass is 9.88. The minimum absolute atomic E-state index is 0.0284. The van der Waals surface area contributed by atoms with Gasteiger partial charge in [0.25, 0.3) is 0 Å². The van der Waals surface area contributed by atoms with Crippen LogP contribution < -0.4 is 15.8 Å². The van der Waals surface area contributed by atoms with Crippen LogP contribution in [0, 0.1) is 12.8 Å². The van der Waals surface area contributed by atoms with Crippen LogP contribution >= 0.6 is 0 Å². The molecule has 0 spiro atoms. The van der Waals surface area contributed by atoms with Crippen LogP contribution in [0.3, 0.4) is 0 Å². The van der Waals surface area contributed by atoms with E-state index in [0.29, 0.717) is 19.6 Å². The van der Waals surface area contributed by atoms with Gasteiger partial charge in [-0.1, -0.05) is 26.0 Å². The van der Waals surface area contributed by atoms with Gasteiger partial charge in [-0.3, -0.25) is 4.79 Å². The van der Waals surface area contributed by atoms with Crippen molar-refractivity contribution in [2.24, 2.45) is 11.7 Å². The Morgan fingerprint density at radius 1 is 1.45 bits per heavy atom. The molecule has 1 aromatic carbocycles. The van der Waals surface area contributed by atoms with Gasteiger partial charge in [-0.15, -0.1) is 0 Å². The summed E-state index contributed by atoms with van der Waals surface area (Å²) in [5.41, 5.74) is 6.53. The third-order valence-corrected chi connectivity index (χ3v) is 3.71. The van der Waals surface area contributed by atoms with Crippen molar-refractivity contribution in [1.82, 2.24) is 5.32 Å². The van der Waals surface area contributed by atoms with Crippen LogP contribution in [-0.2, 0) is 4.79 Å². The summed E-state index contributed by atoms with van der Waals surface area (Å²) in [6.45, 7) is 8.88. The van der Waals surface area contributed by atoms with Crippen molar-refractivity contribution in [3.05, 3.63) is 29.8 Å². The standard InChI is InChI=1S/C16H26N2O2/c1-12(2)16(4,11-17)18-15(19)8-9-20-14-7-5-6-13(3)10-14/h5-7,10,12H,8-9,11,17H2,1-4H3,(H,18,19). The average Bonchev–Trinajstić information content (AvgIpc) is 2.38. The number of ether oxygens (including phenoxy) is 1. The van der Waals surface area contributed by atoms with Crippen molar-refractivity contribution in [2.75, 3.05) is 13.2 Å². The van der Waals surface area contributed by atoms with Gasteiger partial charge in [0.2, 0.25) is 5.91 Å². The molecule has 112 valence electrons. The molecule has 0 fully saturated rings. The third kappa shape index (κ3) is 4.85. The number of hydrogen-bond acceptors (Lipinski definition) is 3. The van der Waals surface area contributed by atoms with E-state index in [-0.39, 0.29) is 17.4 Å². The second-order valence-corrected chi connectivity index (χ2v) is 5.74. The quantitative estimate of drug-likeness (QED) is 0.804. The molecule has 0 aliphatic rings. The molecule has 20 heavy (non-hydrogen) atoms. The Bertz CT molecular complexity index is 446. The molecule has 0 saturated carbocycles. The second-order valence-electron chi connectivity index (χ2n) is 5.74. The molecular formula is C16H26N2O2. The normalized spacial score (nSPS) is 13.9. The summed E-state index contributed by atoms with van der Waals surface area (Å²) in [6, 6.07) is 7.79. The zero-order valence-electron chi connectivity index (χ0n) is 12.9. The Morgan fingerprint density at radius 3 is 2.70 bits per heavy atom. The maximum absolute atomic E-state index is 11.9. The summed E-state index contributed by atoms with van der Waals surface area (Å²) in [4.78, 5) is 11.9. The van der Waals surface area contributed by atoms with E-state index in [0.717, 1.165) is 11.3 Å². The fourth-order valence-electron chi connectivity index (χ4n) is 1.78. The highest BCUT2D eigenvalue weighted by Crippen LogP contribution is 2.15. The van der Waals surface area contributed by atoms with E-state index < -0.39 is 0 Å². The van der Waals surface area contributed by atoms with E-state index in [1.807, 2.05) is 38.1 Å². The minimum atomic E-state index is -0.361. The molecular weight excluding hydrogens is 252 g/mol. The SMILES string of the molecule is Cc1cccc(OCCC(=O)NC(C)(CN)C(C)C)c1. The number of nitrogens with one attached hydrogen (secondary N) is 1. The molecule has 1 amide bonds. The number of carbonyl (C=O) groups excluding carboxylic acids is 1. The first-order chi connectivity index (χ1) is 9.37. The van der Waals surface area contributed by atoms with Crippen LogP contribution in [0.2, 0.25) is 0 Å². The van der Waals surface area contributed by atoms with Crippen molar-refractivity contribution in [1.29, 1.82) is 0 Å². The Hall–Kier alpha value is -1.55. The molecule has 1 aromatic rings. The molecule has 1 rings (SSSR count). The van der Waals surface area contributed by atoms with Crippen molar-refractivity contribution < 1.29 is 9.53 Å². The Morgan fingerprint density at radius 2 is 2.15 bits per heavy atom. The van der Waals surface area contributed by atoms with Crippen LogP contribution in [0.4, 0.5) is 0 Å². The predicted octanol–water partition coefficient (Wildman–Crippen LogP) is 2.25. The van der Waals surface area contributed by atoms with E-state index in [4.69, 9.17) is 10.5 Å². The molecule has 1 unspecified atom stereocenters. The van der Waals surface area contributed by atoms with Gasteiger partial charge in [0.1, 0.15) is 5.75 Å². The molecule has 0 bridgehead atoms. The van der Waals surface area contributed by atoms with Gasteiger partial charge in [-0.05, 0) is 37.5 Å². The predicted molar refractivity (Wildman–Crippen MR) is 81.7 cm³/mol. The molecule has 0 aliphatic heterocycles. The largest absolute Gasteiger partial charge is 0.493 e. The topological polar surface area (TPSA) is 64.3 Å². The first kappa shape index (κ1) is 16.5. The zero-order valence-corrected chi connectivity index (χ0v) is 12.9. The van der Waals surface area contributed by atoms with Crippen molar-refractivity contribution in [3.63, 3.8) is 0 Å². The van der Waals surface area contributed by atoms with E-state index in [2.05, 4.69) is 19.2 Å². The third-order valence-electron chi connectivity index (χ3n) is 3.71. The lowest BCUT2D eigenvalue weighted by molar-refractivity contribution is -0.123. The molecule has 0 heterocycles. The maximum Gasteiger partial charge on any atom is 0.223 e. The van der Waals surface area contributed by atoms with Gasteiger partial charge >= 0.3 is 0 Å². The van der Waals surface area contributed by atoms with Gasteiger partial charge in [0, 0.05) is 6.54 Å². The molecule has 4 heteroatoms. The summed E-state index contributed by atoms with van der Waals surface area (Å²) in [5.74, 6) is 1.05. The number of hydrogen-bond donors (Lipinski definition) is 2. The van der Waals surface area contributed by atoms with Crippen LogP contribution in [-0.4, -0.2) is 24.6 Å². The van der Waals surface area contributed by atoms with Gasteiger partial charge in [0.05, 0.1) is 18.6 Å². The Labute approximate surface area is 121 Å². The minimum Gasteiger partial charge on any atom is -0.493 e. The molecule has 0 aromatic heterocycles. The maximum atomic E-state index is 11.9.